The number of benzene rings is 2. The molecule has 0 aromatic heterocycles. The van der Waals surface area contributed by atoms with Crippen LogP contribution in [0.25, 0.3) is 0 Å². The third-order valence-electron chi connectivity index (χ3n) is 2.18. The van der Waals surface area contributed by atoms with E-state index in [1.54, 1.807) is 11.8 Å². The number of aryl methyl sites for hydroxylation is 1. The van der Waals surface area contributed by atoms with Crippen LogP contribution in [0.5, 0.6) is 0 Å². The van der Waals surface area contributed by atoms with Crippen LogP contribution in [0.15, 0.2) is 52.3 Å². The third kappa shape index (κ3) is 2.94. The van der Waals surface area contributed by atoms with Crippen molar-refractivity contribution in [1.82, 2.24) is 0 Å². The second-order valence-electron chi connectivity index (χ2n) is 3.47. The van der Waals surface area contributed by atoms with E-state index in [2.05, 4.69) is 6.92 Å². The molecule has 0 spiro atoms. The molecular formula is C13H10Cl2S. The molecule has 0 saturated carbocycles. The molecule has 0 aliphatic carbocycles. The van der Waals surface area contributed by atoms with Gasteiger partial charge in [-0.2, -0.15) is 0 Å². The van der Waals surface area contributed by atoms with E-state index in [1.165, 1.54) is 15.4 Å². The van der Waals surface area contributed by atoms with Gasteiger partial charge in [-0.1, -0.05) is 35.0 Å². The van der Waals surface area contributed by atoms with Gasteiger partial charge in [-0.15, -0.1) is 0 Å². The van der Waals surface area contributed by atoms with Crippen LogP contribution in [0.1, 0.15) is 5.56 Å². The summed E-state index contributed by atoms with van der Waals surface area (Å²) in [6.07, 6.45) is 0. The SMILES string of the molecule is Cc1cc(Cl)ccc1Sc1ccc(Cl)cc1. The normalized spacial score (nSPS) is 10.4. The number of rotatable bonds is 2. The zero-order valence-corrected chi connectivity index (χ0v) is 11.0. The smallest absolute Gasteiger partial charge is 0.0409 e. The maximum absolute atomic E-state index is 5.91. The van der Waals surface area contributed by atoms with Crippen molar-refractivity contribution < 1.29 is 0 Å². The van der Waals surface area contributed by atoms with E-state index in [-0.39, 0.29) is 0 Å². The molecule has 0 amide bonds. The van der Waals surface area contributed by atoms with Gasteiger partial charge in [0.1, 0.15) is 0 Å². The minimum Gasteiger partial charge on any atom is -0.0898 e. The van der Waals surface area contributed by atoms with Crippen molar-refractivity contribution in [3.05, 3.63) is 58.1 Å². The lowest BCUT2D eigenvalue weighted by Crippen LogP contribution is -1.79. The standard InChI is InChI=1S/C13H10Cl2S/c1-9-8-11(15)4-7-13(9)16-12-5-2-10(14)3-6-12/h2-8H,1H3. The highest BCUT2D eigenvalue weighted by molar-refractivity contribution is 7.99. The van der Waals surface area contributed by atoms with Gasteiger partial charge in [-0.05, 0) is 55.0 Å². The second-order valence-corrected chi connectivity index (χ2v) is 5.45. The van der Waals surface area contributed by atoms with Crippen LogP contribution >= 0.6 is 35.0 Å². The molecule has 0 saturated heterocycles. The number of hydrogen-bond acceptors (Lipinski definition) is 1. The second kappa shape index (κ2) is 5.13. The molecule has 0 aliphatic heterocycles. The molecular weight excluding hydrogens is 259 g/mol. The number of hydrogen-bond donors (Lipinski definition) is 0. The Morgan fingerprint density at radius 1 is 0.875 bits per heavy atom. The summed E-state index contributed by atoms with van der Waals surface area (Å²) in [6.45, 7) is 2.06. The van der Waals surface area contributed by atoms with Crippen molar-refractivity contribution in [3.8, 4) is 0 Å². The van der Waals surface area contributed by atoms with Gasteiger partial charge < -0.3 is 0 Å². The van der Waals surface area contributed by atoms with Crippen LogP contribution in [0.2, 0.25) is 10.0 Å². The minimum atomic E-state index is 0.761. The number of halogens is 2. The van der Waals surface area contributed by atoms with Gasteiger partial charge in [0.25, 0.3) is 0 Å². The van der Waals surface area contributed by atoms with Gasteiger partial charge in [0.2, 0.25) is 0 Å². The van der Waals surface area contributed by atoms with Gasteiger partial charge in [-0.25, -0.2) is 0 Å². The summed E-state index contributed by atoms with van der Waals surface area (Å²) in [7, 11) is 0. The Morgan fingerprint density at radius 3 is 2.12 bits per heavy atom. The van der Waals surface area contributed by atoms with E-state index < -0.39 is 0 Å². The van der Waals surface area contributed by atoms with Crippen LogP contribution in [0, 0.1) is 6.92 Å². The van der Waals surface area contributed by atoms with Crippen molar-refractivity contribution in [2.45, 2.75) is 16.7 Å². The summed E-state index contributed by atoms with van der Waals surface area (Å²) in [5.74, 6) is 0. The first-order valence-electron chi connectivity index (χ1n) is 4.85. The molecule has 2 aromatic carbocycles. The van der Waals surface area contributed by atoms with Gasteiger partial charge in [0, 0.05) is 19.8 Å². The highest BCUT2D eigenvalue weighted by atomic mass is 35.5. The monoisotopic (exact) mass is 268 g/mol. The molecule has 2 rings (SSSR count). The predicted octanol–water partition coefficient (Wildman–Crippen LogP) is 5.45. The average Bonchev–Trinajstić information content (AvgIpc) is 2.25. The van der Waals surface area contributed by atoms with Gasteiger partial charge in [0.05, 0.1) is 0 Å². The van der Waals surface area contributed by atoms with Crippen LogP contribution in [0.3, 0.4) is 0 Å². The van der Waals surface area contributed by atoms with Crippen LogP contribution in [-0.2, 0) is 0 Å². The predicted molar refractivity (Wildman–Crippen MR) is 71.8 cm³/mol. The van der Waals surface area contributed by atoms with Crippen molar-refractivity contribution in [2.24, 2.45) is 0 Å². The first-order valence-corrected chi connectivity index (χ1v) is 6.42. The maximum atomic E-state index is 5.91. The largest absolute Gasteiger partial charge is 0.0898 e. The quantitative estimate of drug-likeness (QED) is 0.698. The zero-order valence-electron chi connectivity index (χ0n) is 8.71. The maximum Gasteiger partial charge on any atom is 0.0409 e. The Bertz CT molecular complexity index is 492. The lowest BCUT2D eigenvalue weighted by atomic mass is 10.2. The van der Waals surface area contributed by atoms with Crippen molar-refractivity contribution in [3.63, 3.8) is 0 Å². The molecule has 0 N–H and O–H groups in total. The van der Waals surface area contributed by atoms with E-state index in [9.17, 15) is 0 Å². The molecule has 0 heterocycles. The summed E-state index contributed by atoms with van der Waals surface area (Å²) in [5.41, 5.74) is 1.19. The van der Waals surface area contributed by atoms with Crippen LogP contribution in [-0.4, -0.2) is 0 Å². The first kappa shape index (κ1) is 11.8. The Hall–Kier alpha value is -0.630. The molecule has 0 unspecified atom stereocenters. The summed E-state index contributed by atoms with van der Waals surface area (Å²) < 4.78 is 0. The molecule has 0 aliphatic rings. The Morgan fingerprint density at radius 2 is 1.50 bits per heavy atom. The highest BCUT2D eigenvalue weighted by Crippen LogP contribution is 2.32. The molecule has 0 atom stereocenters. The van der Waals surface area contributed by atoms with E-state index in [1.807, 2.05) is 42.5 Å². The molecule has 82 valence electrons. The van der Waals surface area contributed by atoms with Crippen molar-refractivity contribution >= 4 is 35.0 Å². The van der Waals surface area contributed by atoms with E-state index in [0.29, 0.717) is 0 Å². The molecule has 0 radical (unpaired) electrons. The molecule has 0 fully saturated rings. The molecule has 0 nitrogen and oxygen atoms in total. The first-order chi connectivity index (χ1) is 7.65. The summed E-state index contributed by atoms with van der Waals surface area (Å²) in [6, 6.07) is 13.7. The topological polar surface area (TPSA) is 0 Å². The lowest BCUT2D eigenvalue weighted by Gasteiger charge is -2.05. The van der Waals surface area contributed by atoms with E-state index >= 15 is 0 Å². The van der Waals surface area contributed by atoms with Crippen molar-refractivity contribution in [2.75, 3.05) is 0 Å². The summed E-state index contributed by atoms with van der Waals surface area (Å²) >= 11 is 13.5. The van der Waals surface area contributed by atoms with Gasteiger partial charge in [-0.3, -0.25) is 0 Å². The average molecular weight is 269 g/mol. The van der Waals surface area contributed by atoms with Crippen LogP contribution in [0.4, 0.5) is 0 Å². The molecule has 3 heteroatoms. The van der Waals surface area contributed by atoms with Gasteiger partial charge in [0.15, 0.2) is 0 Å². The Labute approximate surface area is 110 Å². The zero-order chi connectivity index (χ0) is 11.5. The molecule has 0 bridgehead atoms. The fraction of sp³-hybridized carbons (Fsp3) is 0.0769. The minimum absolute atomic E-state index is 0.761. The fourth-order valence-corrected chi connectivity index (χ4v) is 2.59. The van der Waals surface area contributed by atoms with Crippen molar-refractivity contribution in [1.29, 1.82) is 0 Å². The Kier molecular flexibility index (Phi) is 3.80. The highest BCUT2D eigenvalue weighted by Gasteiger charge is 2.01. The van der Waals surface area contributed by atoms with E-state index in [0.717, 1.165) is 10.0 Å². The van der Waals surface area contributed by atoms with Crippen LogP contribution < -0.4 is 0 Å². The molecule has 16 heavy (non-hydrogen) atoms. The summed E-state index contributed by atoms with van der Waals surface area (Å²) in [4.78, 5) is 2.39. The van der Waals surface area contributed by atoms with Gasteiger partial charge >= 0.3 is 0 Å². The third-order valence-corrected chi connectivity index (χ3v) is 3.85. The lowest BCUT2D eigenvalue weighted by molar-refractivity contribution is 1.29. The van der Waals surface area contributed by atoms with E-state index in [4.69, 9.17) is 23.2 Å². The fourth-order valence-electron chi connectivity index (χ4n) is 1.36. The Balaban J connectivity index is 2.23. The summed E-state index contributed by atoms with van der Waals surface area (Å²) in [5, 5.41) is 1.54. The molecule has 2 aromatic rings.